The van der Waals surface area contributed by atoms with Gasteiger partial charge in [-0.25, -0.2) is 0 Å². The molecule has 4 rings (SSSR count). The molecule has 0 bridgehead atoms. The summed E-state index contributed by atoms with van der Waals surface area (Å²) in [5, 5.41) is 19.4. The number of carbonyl (C=O) groups is 1. The van der Waals surface area contributed by atoms with Gasteiger partial charge < -0.3 is 10.2 Å². The molecule has 0 spiro atoms. The highest BCUT2D eigenvalue weighted by Crippen LogP contribution is 2.66. The van der Waals surface area contributed by atoms with E-state index in [0.29, 0.717) is 35.9 Å². The Morgan fingerprint density at radius 2 is 1.93 bits per heavy atom. The number of hydrogen-bond donors (Lipinski definition) is 2. The lowest BCUT2D eigenvalue weighted by molar-refractivity contribution is -0.135. The number of fused-ring (bicyclic) bond motifs is 5. The number of aliphatic hydroxyl groups excluding tert-OH is 2. The summed E-state index contributed by atoms with van der Waals surface area (Å²) in [7, 11) is 0. The molecule has 0 heterocycles. The Morgan fingerprint density at radius 3 is 2.67 bits per heavy atom. The Hall–Kier alpha value is -0.670. The van der Waals surface area contributed by atoms with Crippen LogP contribution < -0.4 is 0 Å². The second kappa shape index (κ2) is 6.99. The topological polar surface area (TPSA) is 57.5 Å². The number of ketones is 1. The predicted octanol–water partition coefficient (Wildman–Crippen LogP) is 4.51. The van der Waals surface area contributed by atoms with Crippen LogP contribution in [0.15, 0.2) is 11.6 Å². The lowest BCUT2D eigenvalue weighted by Gasteiger charge is -2.57. The molecule has 0 aliphatic heterocycles. The number of carbonyl (C=O) groups excluding carboxylic acids is 1. The van der Waals surface area contributed by atoms with E-state index in [-0.39, 0.29) is 29.5 Å². The molecule has 0 unspecified atom stereocenters. The highest BCUT2D eigenvalue weighted by atomic mass is 16.3. The Kier molecular flexibility index (Phi) is 5.08. The van der Waals surface area contributed by atoms with Crippen LogP contribution in [0.25, 0.3) is 0 Å². The summed E-state index contributed by atoms with van der Waals surface area (Å²) in [6.07, 6.45) is 11.2. The normalized spacial score (nSPS) is 47.7. The van der Waals surface area contributed by atoms with E-state index >= 15 is 0 Å². The summed E-state index contributed by atoms with van der Waals surface area (Å²) in [4.78, 5) is 13.3. The van der Waals surface area contributed by atoms with Gasteiger partial charge >= 0.3 is 0 Å². The minimum Gasteiger partial charge on any atom is -0.396 e. The average molecular weight is 375 g/mol. The molecule has 0 aromatic heterocycles. The van der Waals surface area contributed by atoms with E-state index in [2.05, 4.69) is 20.8 Å². The fraction of sp³-hybridized carbons (Fsp3) is 0.875. The Morgan fingerprint density at radius 1 is 1.15 bits per heavy atom. The van der Waals surface area contributed by atoms with Gasteiger partial charge in [-0.1, -0.05) is 26.3 Å². The van der Waals surface area contributed by atoms with Gasteiger partial charge in [-0.3, -0.25) is 4.79 Å². The number of rotatable bonds is 4. The summed E-state index contributed by atoms with van der Waals surface area (Å²) in [6, 6.07) is 0. The molecule has 3 nitrogen and oxygen atoms in total. The van der Waals surface area contributed by atoms with Crippen molar-refractivity contribution in [3.05, 3.63) is 11.6 Å². The highest BCUT2D eigenvalue weighted by Gasteiger charge is 2.61. The third-order valence-electron chi connectivity index (χ3n) is 9.50. The molecule has 4 aliphatic rings. The molecule has 8 atom stereocenters. The molecular formula is C24H38O3. The van der Waals surface area contributed by atoms with Crippen LogP contribution in [0.1, 0.15) is 78.6 Å². The largest absolute Gasteiger partial charge is 0.396 e. The Labute approximate surface area is 164 Å². The van der Waals surface area contributed by atoms with Crippen molar-refractivity contribution >= 4 is 5.78 Å². The quantitative estimate of drug-likeness (QED) is 0.761. The Balaban J connectivity index is 1.62. The molecule has 0 saturated heterocycles. The van der Waals surface area contributed by atoms with Gasteiger partial charge in [0.05, 0.1) is 6.10 Å². The summed E-state index contributed by atoms with van der Waals surface area (Å²) in [6.45, 7) is 7.51. The molecule has 0 aromatic carbocycles. The van der Waals surface area contributed by atoms with Crippen LogP contribution in [-0.2, 0) is 4.79 Å². The molecule has 3 saturated carbocycles. The van der Waals surface area contributed by atoms with Gasteiger partial charge in [0.2, 0.25) is 0 Å². The van der Waals surface area contributed by atoms with Crippen molar-refractivity contribution < 1.29 is 15.0 Å². The van der Waals surface area contributed by atoms with Crippen LogP contribution >= 0.6 is 0 Å². The van der Waals surface area contributed by atoms with E-state index in [1.54, 1.807) is 0 Å². The van der Waals surface area contributed by atoms with Crippen molar-refractivity contribution in [3.63, 3.8) is 0 Å². The SMILES string of the molecule is C[C@@H](CCCO)[C@H]1CC[C@H]2[C@@H]3C(=O)C=C4C[C@H](O)CC[C@]4(C)[C@H]3CC[C@]12C. The van der Waals surface area contributed by atoms with Gasteiger partial charge in [-0.05, 0) is 98.4 Å². The molecule has 3 fully saturated rings. The smallest absolute Gasteiger partial charge is 0.159 e. The van der Waals surface area contributed by atoms with E-state index in [1.807, 2.05) is 6.08 Å². The second-order valence-electron chi connectivity index (χ2n) is 10.7. The average Bonchev–Trinajstić information content (AvgIpc) is 2.98. The third-order valence-corrected chi connectivity index (χ3v) is 9.50. The highest BCUT2D eigenvalue weighted by molar-refractivity contribution is 5.94. The number of aliphatic hydroxyl groups is 2. The standard InChI is InChI=1S/C24H38O3/c1-15(5-4-12-25)18-6-7-19-22-20(9-11-24(18,19)3)23(2)10-8-17(26)13-16(23)14-21(22)27/h14-15,17-20,22,25-26H,4-13H2,1-3H3/t15-,17+,18+,19-,20-,22-,23-,24+/m0/s1. The first-order valence-corrected chi connectivity index (χ1v) is 11.3. The second-order valence-corrected chi connectivity index (χ2v) is 10.7. The first-order valence-electron chi connectivity index (χ1n) is 11.3. The van der Waals surface area contributed by atoms with Crippen LogP contribution in [0.3, 0.4) is 0 Å². The maximum Gasteiger partial charge on any atom is 0.159 e. The first kappa shape index (κ1) is 19.6. The molecular weight excluding hydrogens is 336 g/mol. The molecule has 0 amide bonds. The first-order chi connectivity index (χ1) is 12.8. The lowest BCUT2D eigenvalue weighted by Crippen LogP contribution is -2.53. The van der Waals surface area contributed by atoms with Crippen LogP contribution in [0, 0.1) is 40.4 Å². The molecule has 0 aromatic rings. The van der Waals surface area contributed by atoms with Crippen LogP contribution in [0.5, 0.6) is 0 Å². The van der Waals surface area contributed by atoms with Crippen molar-refractivity contribution in [1.82, 2.24) is 0 Å². The number of hydrogen-bond acceptors (Lipinski definition) is 3. The van der Waals surface area contributed by atoms with Crippen LogP contribution in [0.4, 0.5) is 0 Å². The monoisotopic (exact) mass is 374 g/mol. The Bertz CT molecular complexity index is 625. The predicted molar refractivity (Wildman–Crippen MR) is 107 cm³/mol. The maximum atomic E-state index is 13.3. The summed E-state index contributed by atoms with van der Waals surface area (Å²) in [5.41, 5.74) is 1.64. The van der Waals surface area contributed by atoms with E-state index in [1.165, 1.54) is 24.8 Å². The zero-order valence-electron chi connectivity index (χ0n) is 17.4. The fourth-order valence-corrected chi connectivity index (χ4v) is 7.97. The summed E-state index contributed by atoms with van der Waals surface area (Å²) >= 11 is 0. The van der Waals surface area contributed by atoms with Crippen molar-refractivity contribution in [2.24, 2.45) is 40.4 Å². The van der Waals surface area contributed by atoms with Crippen molar-refractivity contribution in [1.29, 1.82) is 0 Å². The zero-order valence-corrected chi connectivity index (χ0v) is 17.4. The van der Waals surface area contributed by atoms with Gasteiger partial charge in [-0.2, -0.15) is 0 Å². The summed E-state index contributed by atoms with van der Waals surface area (Å²) < 4.78 is 0. The van der Waals surface area contributed by atoms with Gasteiger partial charge in [-0.15, -0.1) is 0 Å². The van der Waals surface area contributed by atoms with Crippen molar-refractivity contribution in [3.8, 4) is 0 Å². The zero-order chi connectivity index (χ0) is 19.4. The lowest BCUT2D eigenvalue weighted by atomic mass is 9.46. The summed E-state index contributed by atoms with van der Waals surface area (Å²) in [5.74, 6) is 2.88. The van der Waals surface area contributed by atoms with E-state index in [9.17, 15) is 15.0 Å². The fourth-order valence-electron chi connectivity index (χ4n) is 7.97. The van der Waals surface area contributed by atoms with E-state index in [4.69, 9.17) is 0 Å². The number of allylic oxidation sites excluding steroid dienone is 1. The van der Waals surface area contributed by atoms with Crippen molar-refractivity contribution in [2.75, 3.05) is 6.61 Å². The van der Waals surface area contributed by atoms with Gasteiger partial charge in [0.15, 0.2) is 5.78 Å². The minimum absolute atomic E-state index is 0.125. The van der Waals surface area contributed by atoms with E-state index in [0.717, 1.165) is 32.1 Å². The molecule has 2 N–H and O–H groups in total. The molecule has 4 aliphatic carbocycles. The molecule has 27 heavy (non-hydrogen) atoms. The molecule has 3 heteroatoms. The van der Waals surface area contributed by atoms with Gasteiger partial charge in [0, 0.05) is 12.5 Å². The minimum atomic E-state index is -0.259. The van der Waals surface area contributed by atoms with Crippen LogP contribution in [-0.4, -0.2) is 28.7 Å². The third kappa shape index (κ3) is 2.95. The van der Waals surface area contributed by atoms with Crippen LogP contribution in [0.2, 0.25) is 0 Å². The van der Waals surface area contributed by atoms with Crippen molar-refractivity contribution in [2.45, 2.75) is 84.7 Å². The van der Waals surface area contributed by atoms with E-state index < -0.39 is 0 Å². The van der Waals surface area contributed by atoms with Gasteiger partial charge in [0.25, 0.3) is 0 Å². The maximum absolute atomic E-state index is 13.3. The van der Waals surface area contributed by atoms with Gasteiger partial charge in [0.1, 0.15) is 0 Å². The molecule has 152 valence electrons. The molecule has 0 radical (unpaired) electrons.